The van der Waals surface area contributed by atoms with Crippen LogP contribution in [0.1, 0.15) is 46.0 Å². The lowest BCUT2D eigenvalue weighted by Gasteiger charge is -2.33. The normalized spacial score (nSPS) is 22.8. The minimum atomic E-state index is -0.437. The van der Waals surface area contributed by atoms with Gasteiger partial charge in [0.05, 0.1) is 6.54 Å². The zero-order chi connectivity index (χ0) is 15.1. The quantitative estimate of drug-likeness (QED) is 0.733. The monoisotopic (exact) mass is 283 g/mol. The lowest BCUT2D eigenvalue weighted by molar-refractivity contribution is -0.140. The fourth-order valence-corrected chi connectivity index (χ4v) is 3.13. The third kappa shape index (κ3) is 5.49. The summed E-state index contributed by atoms with van der Waals surface area (Å²) in [7, 11) is 0. The highest BCUT2D eigenvalue weighted by Gasteiger charge is 2.30. The van der Waals surface area contributed by atoms with Crippen LogP contribution in [-0.4, -0.2) is 36.3 Å². The van der Waals surface area contributed by atoms with E-state index in [0.717, 1.165) is 25.7 Å². The largest absolute Gasteiger partial charge is 0.368 e. The van der Waals surface area contributed by atoms with E-state index in [4.69, 9.17) is 11.5 Å². The number of nitrogens with zero attached hydrogens (tertiary/aromatic N) is 1. The Morgan fingerprint density at radius 3 is 2.55 bits per heavy atom. The molecule has 116 valence electrons. The summed E-state index contributed by atoms with van der Waals surface area (Å²) in [6, 6.07) is 0. The fraction of sp³-hybridized carbons (Fsp3) is 0.867. The molecule has 20 heavy (non-hydrogen) atoms. The predicted molar refractivity (Wildman–Crippen MR) is 79.7 cm³/mol. The van der Waals surface area contributed by atoms with Crippen LogP contribution in [0, 0.1) is 17.8 Å². The fourth-order valence-electron chi connectivity index (χ4n) is 3.13. The number of primary amides is 1. The smallest absolute Gasteiger partial charge is 0.237 e. The first-order chi connectivity index (χ1) is 9.43. The van der Waals surface area contributed by atoms with Crippen molar-refractivity contribution in [2.75, 3.05) is 19.6 Å². The SMILES string of the molecule is CC(C)CN(CC(N)=O)C(=O)C1CCCC(CCN)C1. The Hall–Kier alpha value is -1.10. The van der Waals surface area contributed by atoms with Crippen molar-refractivity contribution in [3.8, 4) is 0 Å². The Morgan fingerprint density at radius 1 is 1.30 bits per heavy atom. The number of amides is 2. The summed E-state index contributed by atoms with van der Waals surface area (Å²) in [6.45, 7) is 5.40. The highest BCUT2D eigenvalue weighted by atomic mass is 16.2. The molecule has 0 spiro atoms. The number of nitrogens with two attached hydrogens (primary N) is 2. The number of hydrogen-bond donors (Lipinski definition) is 2. The van der Waals surface area contributed by atoms with Crippen LogP contribution in [0.5, 0.6) is 0 Å². The zero-order valence-electron chi connectivity index (χ0n) is 12.8. The maximum Gasteiger partial charge on any atom is 0.237 e. The van der Waals surface area contributed by atoms with Gasteiger partial charge in [-0.15, -0.1) is 0 Å². The zero-order valence-corrected chi connectivity index (χ0v) is 12.8. The van der Waals surface area contributed by atoms with E-state index in [2.05, 4.69) is 0 Å². The maximum atomic E-state index is 12.6. The van der Waals surface area contributed by atoms with E-state index in [9.17, 15) is 9.59 Å². The highest BCUT2D eigenvalue weighted by molar-refractivity contribution is 5.85. The van der Waals surface area contributed by atoms with Crippen LogP contribution in [0.4, 0.5) is 0 Å². The van der Waals surface area contributed by atoms with E-state index in [-0.39, 0.29) is 18.4 Å². The molecule has 2 amide bonds. The molecule has 0 aromatic heterocycles. The van der Waals surface area contributed by atoms with Gasteiger partial charge in [0.25, 0.3) is 0 Å². The standard InChI is InChI=1S/C15H29N3O2/c1-11(2)9-18(10-14(17)19)15(20)13-5-3-4-12(8-13)6-7-16/h11-13H,3-10,16H2,1-2H3,(H2,17,19). The van der Waals surface area contributed by atoms with Crippen molar-refractivity contribution in [1.82, 2.24) is 4.90 Å². The summed E-state index contributed by atoms with van der Waals surface area (Å²) >= 11 is 0. The van der Waals surface area contributed by atoms with Crippen LogP contribution in [0.25, 0.3) is 0 Å². The second-order valence-electron chi connectivity index (χ2n) is 6.39. The molecule has 0 saturated heterocycles. The molecule has 1 fully saturated rings. The second-order valence-corrected chi connectivity index (χ2v) is 6.39. The molecule has 5 heteroatoms. The van der Waals surface area contributed by atoms with Crippen LogP contribution in [0.3, 0.4) is 0 Å². The minimum absolute atomic E-state index is 0.0368. The van der Waals surface area contributed by atoms with Gasteiger partial charge in [-0.2, -0.15) is 0 Å². The Balaban J connectivity index is 2.64. The molecule has 0 heterocycles. The molecule has 5 nitrogen and oxygen atoms in total. The van der Waals surface area contributed by atoms with E-state index < -0.39 is 5.91 Å². The van der Waals surface area contributed by atoms with Crippen LogP contribution in [0.2, 0.25) is 0 Å². The first-order valence-corrected chi connectivity index (χ1v) is 7.71. The van der Waals surface area contributed by atoms with Crippen molar-refractivity contribution in [3.63, 3.8) is 0 Å². The van der Waals surface area contributed by atoms with Crippen LogP contribution in [0.15, 0.2) is 0 Å². The van der Waals surface area contributed by atoms with Gasteiger partial charge in [0.1, 0.15) is 0 Å². The second kappa shape index (κ2) is 8.25. The van der Waals surface area contributed by atoms with E-state index in [0.29, 0.717) is 24.9 Å². The lowest BCUT2D eigenvalue weighted by atomic mass is 9.79. The van der Waals surface area contributed by atoms with Gasteiger partial charge in [0.2, 0.25) is 11.8 Å². The van der Waals surface area contributed by atoms with E-state index >= 15 is 0 Å². The van der Waals surface area contributed by atoms with Gasteiger partial charge >= 0.3 is 0 Å². The van der Waals surface area contributed by atoms with E-state index in [1.807, 2.05) is 13.8 Å². The number of hydrogen-bond acceptors (Lipinski definition) is 3. The summed E-state index contributed by atoms with van der Waals surface area (Å²) in [5.74, 6) is 0.588. The van der Waals surface area contributed by atoms with Gasteiger partial charge in [-0.05, 0) is 37.6 Å². The third-order valence-electron chi connectivity index (χ3n) is 3.95. The van der Waals surface area contributed by atoms with Gasteiger partial charge in [0.15, 0.2) is 0 Å². The van der Waals surface area contributed by atoms with Crippen LogP contribution < -0.4 is 11.5 Å². The van der Waals surface area contributed by atoms with Crippen molar-refractivity contribution < 1.29 is 9.59 Å². The van der Waals surface area contributed by atoms with Crippen LogP contribution in [-0.2, 0) is 9.59 Å². The number of rotatable bonds is 7. The van der Waals surface area contributed by atoms with Gasteiger partial charge < -0.3 is 16.4 Å². The summed E-state index contributed by atoms with van der Waals surface area (Å²) in [5, 5.41) is 0. The molecule has 1 aliphatic carbocycles. The average molecular weight is 283 g/mol. The van der Waals surface area contributed by atoms with Crippen LogP contribution >= 0.6 is 0 Å². The molecule has 2 unspecified atom stereocenters. The topological polar surface area (TPSA) is 89.4 Å². The maximum absolute atomic E-state index is 12.6. The van der Waals surface area contributed by atoms with E-state index in [1.54, 1.807) is 4.90 Å². The van der Waals surface area contributed by atoms with E-state index in [1.165, 1.54) is 6.42 Å². The lowest BCUT2D eigenvalue weighted by Crippen LogP contribution is -2.44. The predicted octanol–water partition coefficient (Wildman–Crippen LogP) is 1.11. The molecule has 1 rings (SSSR count). The first kappa shape index (κ1) is 17.0. The van der Waals surface area contributed by atoms with Crippen molar-refractivity contribution in [1.29, 1.82) is 0 Å². The molecule has 1 aliphatic rings. The molecule has 0 aliphatic heterocycles. The Morgan fingerprint density at radius 2 is 2.00 bits per heavy atom. The van der Waals surface area contributed by atoms with Crippen molar-refractivity contribution in [2.24, 2.45) is 29.2 Å². The summed E-state index contributed by atoms with van der Waals surface area (Å²) in [4.78, 5) is 25.4. The molecule has 1 saturated carbocycles. The van der Waals surface area contributed by atoms with Crippen molar-refractivity contribution in [3.05, 3.63) is 0 Å². The summed E-state index contributed by atoms with van der Waals surface area (Å²) in [6.07, 6.45) is 5.06. The Labute approximate surface area is 122 Å². The molecule has 0 bridgehead atoms. The molecule has 0 radical (unpaired) electrons. The van der Waals surface area contributed by atoms with Crippen molar-refractivity contribution >= 4 is 11.8 Å². The van der Waals surface area contributed by atoms with Gasteiger partial charge in [-0.25, -0.2) is 0 Å². The number of carbonyl (C=O) groups is 2. The number of carbonyl (C=O) groups excluding carboxylic acids is 2. The van der Waals surface area contributed by atoms with Crippen molar-refractivity contribution in [2.45, 2.75) is 46.0 Å². The third-order valence-corrected chi connectivity index (χ3v) is 3.95. The molecule has 4 N–H and O–H groups in total. The van der Waals surface area contributed by atoms with Gasteiger partial charge in [0, 0.05) is 12.5 Å². The molecular weight excluding hydrogens is 254 g/mol. The Bertz CT molecular complexity index is 329. The molecule has 0 aromatic rings. The molecule has 2 atom stereocenters. The summed E-state index contributed by atoms with van der Waals surface area (Å²) < 4.78 is 0. The molecule has 0 aromatic carbocycles. The minimum Gasteiger partial charge on any atom is -0.368 e. The van der Waals surface area contributed by atoms with Gasteiger partial charge in [-0.3, -0.25) is 9.59 Å². The summed E-state index contributed by atoms with van der Waals surface area (Å²) in [5.41, 5.74) is 10.9. The Kier molecular flexibility index (Phi) is 6.99. The highest BCUT2D eigenvalue weighted by Crippen LogP contribution is 2.32. The molecular formula is C15H29N3O2. The average Bonchev–Trinajstić information content (AvgIpc) is 2.37. The first-order valence-electron chi connectivity index (χ1n) is 7.71. The van der Waals surface area contributed by atoms with Gasteiger partial charge in [-0.1, -0.05) is 26.7 Å².